The van der Waals surface area contributed by atoms with Crippen molar-refractivity contribution in [3.8, 4) is 0 Å². The molecule has 4 nitrogen and oxygen atoms in total. The minimum Gasteiger partial charge on any atom is -0.383 e. The summed E-state index contributed by atoms with van der Waals surface area (Å²) in [6, 6.07) is 0. The zero-order valence-corrected chi connectivity index (χ0v) is 12.2. The van der Waals surface area contributed by atoms with Crippen LogP contribution in [0.5, 0.6) is 0 Å². The minimum atomic E-state index is 0.102. The lowest BCUT2D eigenvalue weighted by Crippen LogP contribution is -2.14. The van der Waals surface area contributed by atoms with Gasteiger partial charge in [-0.15, -0.1) is 0 Å². The smallest absolute Gasteiger partial charge is 0.182 e. The molecule has 106 valence electrons. The van der Waals surface area contributed by atoms with Gasteiger partial charge < -0.3 is 4.74 Å². The summed E-state index contributed by atoms with van der Waals surface area (Å²) in [7, 11) is 1.63. The molecule has 1 aromatic rings. The van der Waals surface area contributed by atoms with Crippen LogP contribution in [0, 0.1) is 5.92 Å². The van der Waals surface area contributed by atoms with Gasteiger partial charge in [-0.2, -0.15) is 5.10 Å². The van der Waals surface area contributed by atoms with Crippen molar-refractivity contribution < 1.29 is 9.53 Å². The maximum atomic E-state index is 12.3. The zero-order valence-electron chi connectivity index (χ0n) is 11.4. The molecular weight excluding hydrogens is 264 g/mol. The highest BCUT2D eigenvalue weighted by Crippen LogP contribution is 2.29. The molecule has 0 unspecified atom stereocenters. The number of ketones is 1. The molecule has 0 atom stereocenters. The first-order valence-electron chi connectivity index (χ1n) is 6.96. The Bertz CT molecular complexity index is 425. The molecule has 1 aliphatic carbocycles. The number of aromatic nitrogens is 2. The van der Waals surface area contributed by atoms with Crippen LogP contribution >= 0.6 is 11.6 Å². The average Bonchev–Trinajstić information content (AvgIpc) is 3.03. The fourth-order valence-electron chi connectivity index (χ4n) is 2.74. The molecule has 0 N–H and O–H groups in total. The quantitative estimate of drug-likeness (QED) is 0.721. The number of halogens is 1. The number of rotatable bonds is 7. The topological polar surface area (TPSA) is 44.1 Å². The molecule has 0 saturated heterocycles. The summed E-state index contributed by atoms with van der Waals surface area (Å²) in [6.45, 7) is 1.09. The van der Waals surface area contributed by atoms with Crippen LogP contribution in [0.25, 0.3) is 0 Å². The first-order valence-corrected chi connectivity index (χ1v) is 7.33. The highest BCUT2D eigenvalue weighted by atomic mass is 35.5. The Kier molecular flexibility index (Phi) is 5.40. The van der Waals surface area contributed by atoms with Crippen molar-refractivity contribution in [3.63, 3.8) is 0 Å². The molecule has 1 aromatic heterocycles. The second-order valence-electron chi connectivity index (χ2n) is 5.17. The Morgan fingerprint density at radius 2 is 2.26 bits per heavy atom. The van der Waals surface area contributed by atoms with Crippen LogP contribution in [0.3, 0.4) is 0 Å². The summed E-state index contributed by atoms with van der Waals surface area (Å²) < 4.78 is 6.67. The number of hydrogen-bond donors (Lipinski definition) is 0. The first kappa shape index (κ1) is 14.5. The largest absolute Gasteiger partial charge is 0.383 e. The molecule has 5 heteroatoms. The lowest BCUT2D eigenvalue weighted by atomic mass is 9.99. The number of carbonyl (C=O) groups is 1. The standard InChI is InChI=1S/C14H21ClN2O2/c1-19-9-8-17-14(12(15)10-16-17)13(18)7-6-11-4-2-3-5-11/h10-11H,2-9H2,1H3. The Labute approximate surface area is 119 Å². The monoisotopic (exact) mass is 284 g/mol. The molecule has 19 heavy (non-hydrogen) atoms. The normalized spacial score (nSPS) is 16.1. The molecule has 0 aliphatic heterocycles. The van der Waals surface area contributed by atoms with Crippen molar-refractivity contribution in [2.45, 2.75) is 45.1 Å². The van der Waals surface area contributed by atoms with E-state index < -0.39 is 0 Å². The third-order valence-electron chi connectivity index (χ3n) is 3.82. The molecule has 0 aromatic carbocycles. The van der Waals surface area contributed by atoms with Crippen LogP contribution in [-0.4, -0.2) is 29.3 Å². The third-order valence-corrected chi connectivity index (χ3v) is 4.10. The van der Waals surface area contributed by atoms with E-state index in [9.17, 15) is 4.79 Å². The SMILES string of the molecule is COCCn1ncc(Cl)c1C(=O)CCC1CCCC1. The molecule has 0 bridgehead atoms. The molecule has 1 saturated carbocycles. The van der Waals surface area contributed by atoms with Crippen LogP contribution in [-0.2, 0) is 11.3 Å². The number of hydrogen-bond acceptors (Lipinski definition) is 3. The Hall–Kier alpha value is -0.870. The molecule has 1 heterocycles. The molecular formula is C14H21ClN2O2. The van der Waals surface area contributed by atoms with Crippen LogP contribution in [0.1, 0.15) is 49.0 Å². The van der Waals surface area contributed by atoms with E-state index in [2.05, 4.69) is 5.10 Å². The van der Waals surface area contributed by atoms with Gasteiger partial charge in [-0.1, -0.05) is 37.3 Å². The third kappa shape index (κ3) is 3.80. The Morgan fingerprint density at radius 3 is 2.95 bits per heavy atom. The Balaban J connectivity index is 1.94. The summed E-state index contributed by atoms with van der Waals surface area (Å²) in [5.74, 6) is 0.823. The van der Waals surface area contributed by atoms with Gasteiger partial charge >= 0.3 is 0 Å². The second kappa shape index (κ2) is 7.06. The van der Waals surface area contributed by atoms with Gasteiger partial charge in [0.15, 0.2) is 5.78 Å². The molecule has 0 radical (unpaired) electrons. The minimum absolute atomic E-state index is 0.102. The summed E-state index contributed by atoms with van der Waals surface area (Å²) in [6.07, 6.45) is 8.25. The molecule has 1 aliphatic rings. The zero-order chi connectivity index (χ0) is 13.7. The average molecular weight is 285 g/mol. The lowest BCUT2D eigenvalue weighted by Gasteiger charge is -2.09. The molecule has 0 amide bonds. The van der Waals surface area contributed by atoms with Crippen molar-refractivity contribution in [1.82, 2.24) is 9.78 Å². The molecule has 0 spiro atoms. The van der Waals surface area contributed by atoms with E-state index in [1.54, 1.807) is 18.0 Å². The van der Waals surface area contributed by atoms with Crippen molar-refractivity contribution >= 4 is 17.4 Å². The van der Waals surface area contributed by atoms with Gasteiger partial charge in [0.1, 0.15) is 5.69 Å². The van der Waals surface area contributed by atoms with Gasteiger partial charge in [0, 0.05) is 13.5 Å². The summed E-state index contributed by atoms with van der Waals surface area (Å²) in [5.41, 5.74) is 0.539. The predicted molar refractivity (Wildman–Crippen MR) is 74.6 cm³/mol. The van der Waals surface area contributed by atoms with Gasteiger partial charge in [-0.25, -0.2) is 0 Å². The number of carbonyl (C=O) groups excluding carboxylic acids is 1. The van der Waals surface area contributed by atoms with E-state index in [0.29, 0.717) is 30.3 Å². The van der Waals surface area contributed by atoms with Crippen molar-refractivity contribution in [2.75, 3.05) is 13.7 Å². The predicted octanol–water partition coefficient (Wildman–Crippen LogP) is 3.34. The van der Waals surface area contributed by atoms with Crippen LogP contribution in [0.4, 0.5) is 0 Å². The van der Waals surface area contributed by atoms with E-state index in [0.717, 1.165) is 12.3 Å². The fraction of sp³-hybridized carbons (Fsp3) is 0.714. The van der Waals surface area contributed by atoms with E-state index in [1.165, 1.54) is 25.7 Å². The van der Waals surface area contributed by atoms with Gasteiger partial charge in [0.25, 0.3) is 0 Å². The van der Waals surface area contributed by atoms with Gasteiger partial charge in [-0.3, -0.25) is 9.48 Å². The highest BCUT2D eigenvalue weighted by molar-refractivity contribution is 6.33. The maximum absolute atomic E-state index is 12.3. The van der Waals surface area contributed by atoms with Crippen LogP contribution < -0.4 is 0 Å². The van der Waals surface area contributed by atoms with Crippen molar-refractivity contribution in [1.29, 1.82) is 0 Å². The van der Waals surface area contributed by atoms with Gasteiger partial charge in [-0.05, 0) is 12.3 Å². The van der Waals surface area contributed by atoms with Gasteiger partial charge in [0.05, 0.1) is 24.4 Å². The Morgan fingerprint density at radius 1 is 1.53 bits per heavy atom. The second-order valence-corrected chi connectivity index (χ2v) is 5.58. The summed E-state index contributed by atoms with van der Waals surface area (Å²) in [4.78, 5) is 12.3. The first-order chi connectivity index (χ1) is 9.22. The number of methoxy groups -OCH3 is 1. The van der Waals surface area contributed by atoms with E-state index in [1.807, 2.05) is 0 Å². The van der Waals surface area contributed by atoms with Crippen LogP contribution in [0.2, 0.25) is 5.02 Å². The van der Waals surface area contributed by atoms with E-state index >= 15 is 0 Å². The molecule has 2 rings (SSSR count). The number of nitrogens with zero attached hydrogens (tertiary/aromatic N) is 2. The lowest BCUT2D eigenvalue weighted by molar-refractivity contribution is 0.0960. The maximum Gasteiger partial charge on any atom is 0.182 e. The molecule has 1 fully saturated rings. The van der Waals surface area contributed by atoms with E-state index in [-0.39, 0.29) is 5.78 Å². The summed E-state index contributed by atoms with van der Waals surface area (Å²) in [5, 5.41) is 4.59. The van der Waals surface area contributed by atoms with Crippen molar-refractivity contribution in [2.24, 2.45) is 5.92 Å². The van der Waals surface area contributed by atoms with Crippen molar-refractivity contribution in [3.05, 3.63) is 16.9 Å². The highest BCUT2D eigenvalue weighted by Gasteiger charge is 2.20. The van der Waals surface area contributed by atoms with Gasteiger partial charge in [0.2, 0.25) is 0 Å². The number of Topliss-reactive ketones (excluding diaryl/α,β-unsaturated/α-hetero) is 1. The van der Waals surface area contributed by atoms with E-state index in [4.69, 9.17) is 16.3 Å². The van der Waals surface area contributed by atoms with Crippen LogP contribution in [0.15, 0.2) is 6.20 Å². The number of ether oxygens (including phenoxy) is 1. The fourth-order valence-corrected chi connectivity index (χ4v) is 2.99. The summed E-state index contributed by atoms with van der Waals surface area (Å²) >= 11 is 6.07.